The fraction of sp³-hybridized carbons (Fsp3) is 0.444. The van der Waals surface area contributed by atoms with E-state index in [1.807, 2.05) is 20.8 Å². The van der Waals surface area contributed by atoms with Crippen molar-refractivity contribution >= 4 is 17.6 Å². The number of carbonyl (C=O) groups is 1. The number of hydrogen-bond donors (Lipinski definition) is 3. The van der Waals surface area contributed by atoms with Crippen LogP contribution in [0, 0.1) is 12.3 Å². The third-order valence-electron chi connectivity index (χ3n) is 3.27. The van der Waals surface area contributed by atoms with Crippen molar-refractivity contribution in [3.8, 4) is 12.3 Å². The molecule has 0 aliphatic rings. The van der Waals surface area contributed by atoms with Gasteiger partial charge in [0.15, 0.2) is 5.96 Å². The lowest BCUT2D eigenvalue weighted by Crippen LogP contribution is -2.45. The maximum Gasteiger partial charge on any atom is 0.246 e. The first-order valence-corrected chi connectivity index (χ1v) is 7.84. The number of nitrogens with one attached hydrogen (secondary N) is 3. The number of rotatable bonds is 7. The van der Waals surface area contributed by atoms with E-state index in [4.69, 9.17) is 11.2 Å². The summed E-state index contributed by atoms with van der Waals surface area (Å²) >= 11 is 0. The number of benzene rings is 1. The molecule has 6 nitrogen and oxygen atoms in total. The third-order valence-corrected chi connectivity index (χ3v) is 3.27. The minimum absolute atomic E-state index is 0.00300. The number of methoxy groups -OCH3 is 1. The molecule has 0 saturated heterocycles. The van der Waals surface area contributed by atoms with Gasteiger partial charge in [-0.2, -0.15) is 0 Å². The summed E-state index contributed by atoms with van der Waals surface area (Å²) in [5.41, 5.74) is 1.05. The number of hydrogen-bond acceptors (Lipinski definition) is 3. The molecular weight excluding hydrogens is 304 g/mol. The molecule has 0 unspecified atom stereocenters. The number of amides is 1. The van der Waals surface area contributed by atoms with Crippen LogP contribution < -0.4 is 16.0 Å². The van der Waals surface area contributed by atoms with E-state index in [0.29, 0.717) is 30.3 Å². The molecule has 24 heavy (non-hydrogen) atoms. The molecule has 0 saturated carbocycles. The van der Waals surface area contributed by atoms with E-state index in [1.165, 1.54) is 0 Å². The Labute approximate surface area is 144 Å². The number of guanidine groups is 1. The van der Waals surface area contributed by atoms with Gasteiger partial charge in [0.05, 0.1) is 5.60 Å². The molecule has 1 aromatic rings. The molecule has 6 heteroatoms. The van der Waals surface area contributed by atoms with E-state index in [1.54, 1.807) is 31.4 Å². The van der Waals surface area contributed by atoms with Crippen LogP contribution in [0.25, 0.3) is 0 Å². The van der Waals surface area contributed by atoms with Crippen molar-refractivity contribution in [2.24, 2.45) is 4.99 Å². The second kappa shape index (κ2) is 9.58. The molecule has 0 spiro atoms. The quantitative estimate of drug-likeness (QED) is 0.403. The standard InChI is InChI=1S/C18H26N4O2/c1-6-14-9-8-10-15(11-14)22-16(23)12-20-17(19-7-2)21-13-18(3,4)24-5/h1,8-11H,7,12-13H2,2-5H3,(H,22,23)(H2,19,20,21). The normalized spacial score (nSPS) is 11.5. The molecule has 0 fully saturated rings. The fourth-order valence-electron chi connectivity index (χ4n) is 1.75. The predicted molar refractivity (Wildman–Crippen MR) is 98.1 cm³/mol. The highest BCUT2D eigenvalue weighted by Gasteiger charge is 2.16. The largest absolute Gasteiger partial charge is 0.377 e. The van der Waals surface area contributed by atoms with Crippen molar-refractivity contribution in [1.82, 2.24) is 10.6 Å². The Morgan fingerprint density at radius 3 is 2.75 bits per heavy atom. The summed E-state index contributed by atoms with van der Waals surface area (Å²) in [5, 5.41) is 9.03. The van der Waals surface area contributed by atoms with Crippen LogP contribution in [0.4, 0.5) is 5.69 Å². The van der Waals surface area contributed by atoms with Crippen molar-refractivity contribution in [1.29, 1.82) is 0 Å². The monoisotopic (exact) mass is 330 g/mol. The van der Waals surface area contributed by atoms with E-state index >= 15 is 0 Å². The average Bonchev–Trinajstić information content (AvgIpc) is 2.57. The highest BCUT2D eigenvalue weighted by atomic mass is 16.5. The van der Waals surface area contributed by atoms with Gasteiger partial charge in [-0.25, -0.2) is 4.99 Å². The number of ether oxygens (including phenoxy) is 1. The van der Waals surface area contributed by atoms with Gasteiger partial charge in [-0.15, -0.1) is 6.42 Å². The second-order valence-electron chi connectivity index (χ2n) is 5.79. The Morgan fingerprint density at radius 2 is 2.12 bits per heavy atom. The first kappa shape index (κ1) is 19.5. The maximum absolute atomic E-state index is 12.0. The molecule has 0 atom stereocenters. The Balaban J connectivity index is 2.61. The van der Waals surface area contributed by atoms with E-state index < -0.39 is 0 Å². The van der Waals surface area contributed by atoms with Crippen molar-refractivity contribution in [3.63, 3.8) is 0 Å². The smallest absolute Gasteiger partial charge is 0.246 e. The maximum atomic E-state index is 12.0. The minimum atomic E-state index is -0.325. The Bertz CT molecular complexity index is 618. The van der Waals surface area contributed by atoms with Gasteiger partial charge >= 0.3 is 0 Å². The zero-order chi connectivity index (χ0) is 18.0. The van der Waals surface area contributed by atoms with Crippen LogP contribution in [0.1, 0.15) is 26.3 Å². The van der Waals surface area contributed by atoms with Crippen LogP contribution in [0.15, 0.2) is 29.3 Å². The van der Waals surface area contributed by atoms with Crippen LogP contribution in [-0.4, -0.2) is 44.2 Å². The Hall–Kier alpha value is -2.52. The lowest BCUT2D eigenvalue weighted by Gasteiger charge is -2.24. The number of nitrogens with zero attached hydrogens (tertiary/aromatic N) is 1. The zero-order valence-electron chi connectivity index (χ0n) is 14.8. The van der Waals surface area contributed by atoms with Gasteiger partial charge in [-0.05, 0) is 39.0 Å². The zero-order valence-corrected chi connectivity index (χ0v) is 14.8. The highest BCUT2D eigenvalue weighted by Crippen LogP contribution is 2.09. The molecule has 0 aromatic heterocycles. The van der Waals surface area contributed by atoms with Gasteiger partial charge in [0.2, 0.25) is 5.91 Å². The fourth-order valence-corrected chi connectivity index (χ4v) is 1.75. The van der Waals surface area contributed by atoms with Gasteiger partial charge in [0, 0.05) is 31.5 Å². The number of anilines is 1. The molecule has 130 valence electrons. The SMILES string of the molecule is C#Cc1cccc(NC(=O)CN=C(NCC)NCC(C)(C)OC)c1. The van der Waals surface area contributed by atoms with E-state index in [9.17, 15) is 4.79 Å². The highest BCUT2D eigenvalue weighted by molar-refractivity contribution is 5.94. The summed E-state index contributed by atoms with van der Waals surface area (Å²) in [4.78, 5) is 16.3. The Morgan fingerprint density at radius 1 is 1.38 bits per heavy atom. The first-order chi connectivity index (χ1) is 11.4. The van der Waals surface area contributed by atoms with Gasteiger partial charge < -0.3 is 20.7 Å². The van der Waals surface area contributed by atoms with E-state index in [2.05, 4.69) is 26.9 Å². The van der Waals surface area contributed by atoms with Crippen molar-refractivity contribution in [2.45, 2.75) is 26.4 Å². The topological polar surface area (TPSA) is 74.8 Å². The molecular formula is C18H26N4O2. The van der Waals surface area contributed by atoms with Gasteiger partial charge in [-0.1, -0.05) is 12.0 Å². The molecule has 1 aromatic carbocycles. The number of carbonyl (C=O) groups excluding carboxylic acids is 1. The van der Waals surface area contributed by atoms with Crippen molar-refractivity contribution < 1.29 is 9.53 Å². The predicted octanol–water partition coefficient (Wildman–Crippen LogP) is 1.59. The lowest BCUT2D eigenvalue weighted by molar-refractivity contribution is -0.114. The van der Waals surface area contributed by atoms with E-state index in [-0.39, 0.29) is 18.1 Å². The third kappa shape index (κ3) is 7.16. The molecule has 1 amide bonds. The van der Waals surface area contributed by atoms with Crippen molar-refractivity contribution in [3.05, 3.63) is 29.8 Å². The van der Waals surface area contributed by atoms with Crippen LogP contribution in [0.3, 0.4) is 0 Å². The summed E-state index contributed by atoms with van der Waals surface area (Å²) in [7, 11) is 1.66. The van der Waals surface area contributed by atoms with Gasteiger partial charge in [-0.3, -0.25) is 4.79 Å². The minimum Gasteiger partial charge on any atom is -0.377 e. The summed E-state index contributed by atoms with van der Waals surface area (Å²) in [6, 6.07) is 7.13. The first-order valence-electron chi connectivity index (χ1n) is 7.84. The second-order valence-corrected chi connectivity index (χ2v) is 5.79. The summed E-state index contributed by atoms with van der Waals surface area (Å²) in [5.74, 6) is 2.88. The van der Waals surface area contributed by atoms with Crippen LogP contribution in [-0.2, 0) is 9.53 Å². The molecule has 0 aliphatic heterocycles. The van der Waals surface area contributed by atoms with Crippen LogP contribution in [0.5, 0.6) is 0 Å². The van der Waals surface area contributed by atoms with Crippen LogP contribution in [0.2, 0.25) is 0 Å². The summed E-state index contributed by atoms with van der Waals surface area (Å²) in [6.45, 7) is 7.17. The molecule has 0 bridgehead atoms. The van der Waals surface area contributed by atoms with Crippen molar-refractivity contribution in [2.75, 3.05) is 32.1 Å². The summed E-state index contributed by atoms with van der Waals surface area (Å²) < 4.78 is 5.35. The average molecular weight is 330 g/mol. The molecule has 3 N–H and O–H groups in total. The number of aliphatic imine (C=N–C) groups is 1. The molecule has 0 heterocycles. The lowest BCUT2D eigenvalue weighted by atomic mass is 10.1. The molecule has 1 rings (SSSR count). The van der Waals surface area contributed by atoms with Gasteiger partial charge in [0.1, 0.15) is 6.54 Å². The van der Waals surface area contributed by atoms with E-state index in [0.717, 1.165) is 0 Å². The van der Waals surface area contributed by atoms with Gasteiger partial charge in [0.25, 0.3) is 0 Å². The molecule has 0 aliphatic carbocycles. The van der Waals surface area contributed by atoms with Crippen LogP contribution >= 0.6 is 0 Å². The molecule has 0 radical (unpaired) electrons. The summed E-state index contributed by atoms with van der Waals surface area (Å²) in [6.07, 6.45) is 5.35. The Kier molecular flexibility index (Phi) is 7.80. The number of terminal acetylenes is 1.